The first-order valence-corrected chi connectivity index (χ1v) is 8.45. The number of benzene rings is 1. The summed E-state index contributed by atoms with van der Waals surface area (Å²) in [6.07, 6.45) is 5.29. The number of aromatic amines is 1. The van der Waals surface area contributed by atoms with Crippen LogP contribution in [-0.4, -0.2) is 31.4 Å². The number of fused-ring (bicyclic) bond motifs is 1. The van der Waals surface area contributed by atoms with Crippen molar-refractivity contribution in [3.8, 4) is 11.4 Å². The normalized spacial score (nSPS) is 14.2. The predicted octanol–water partition coefficient (Wildman–Crippen LogP) is 2.23. The van der Waals surface area contributed by atoms with Gasteiger partial charge in [-0.3, -0.25) is 9.69 Å². The molecule has 0 saturated carbocycles. The molecule has 0 spiro atoms. The van der Waals surface area contributed by atoms with Gasteiger partial charge < -0.3 is 4.98 Å². The van der Waals surface area contributed by atoms with Gasteiger partial charge in [0.25, 0.3) is 5.56 Å². The summed E-state index contributed by atoms with van der Waals surface area (Å²) in [7, 11) is 0. The lowest BCUT2D eigenvalue weighted by Gasteiger charge is -2.27. The van der Waals surface area contributed by atoms with Crippen molar-refractivity contribution in [3.05, 3.63) is 75.5 Å². The SMILES string of the molecule is Cc1ccc(CN2CCc3c(nc(-c4cncnc4)[nH]c3=O)C2)cc1F. The summed E-state index contributed by atoms with van der Waals surface area (Å²) < 4.78 is 13.8. The van der Waals surface area contributed by atoms with Crippen LogP contribution in [0.4, 0.5) is 4.39 Å². The molecule has 26 heavy (non-hydrogen) atoms. The number of nitrogens with zero attached hydrogens (tertiary/aromatic N) is 4. The molecule has 1 aliphatic rings. The second kappa shape index (κ2) is 6.76. The van der Waals surface area contributed by atoms with Crippen molar-refractivity contribution in [3.63, 3.8) is 0 Å². The summed E-state index contributed by atoms with van der Waals surface area (Å²) >= 11 is 0. The van der Waals surface area contributed by atoms with Crippen molar-refractivity contribution in [2.45, 2.75) is 26.4 Å². The fourth-order valence-corrected chi connectivity index (χ4v) is 3.18. The molecule has 0 radical (unpaired) electrons. The molecule has 1 N–H and O–H groups in total. The van der Waals surface area contributed by atoms with Gasteiger partial charge in [-0.25, -0.2) is 19.3 Å². The van der Waals surface area contributed by atoms with E-state index in [1.165, 1.54) is 6.33 Å². The number of rotatable bonds is 3. The molecule has 132 valence electrons. The summed E-state index contributed by atoms with van der Waals surface area (Å²) in [5, 5.41) is 0. The first kappa shape index (κ1) is 16.5. The van der Waals surface area contributed by atoms with Crippen LogP contribution < -0.4 is 5.56 Å². The summed E-state index contributed by atoms with van der Waals surface area (Å²) in [6, 6.07) is 5.30. The number of hydrogen-bond acceptors (Lipinski definition) is 5. The number of hydrogen-bond donors (Lipinski definition) is 1. The van der Waals surface area contributed by atoms with Crippen LogP contribution in [0.1, 0.15) is 22.4 Å². The Bertz CT molecular complexity index is 1000. The van der Waals surface area contributed by atoms with Gasteiger partial charge >= 0.3 is 0 Å². The third kappa shape index (κ3) is 3.25. The Morgan fingerprint density at radius 1 is 1.27 bits per heavy atom. The molecule has 6 nitrogen and oxygen atoms in total. The second-order valence-electron chi connectivity index (χ2n) is 6.51. The van der Waals surface area contributed by atoms with E-state index in [1.54, 1.807) is 31.5 Å². The molecule has 0 amide bonds. The number of aryl methyl sites for hydroxylation is 1. The largest absolute Gasteiger partial charge is 0.306 e. The molecule has 0 aliphatic carbocycles. The van der Waals surface area contributed by atoms with Crippen molar-refractivity contribution < 1.29 is 4.39 Å². The topological polar surface area (TPSA) is 74.8 Å². The lowest BCUT2D eigenvalue weighted by molar-refractivity contribution is 0.240. The maximum absolute atomic E-state index is 13.8. The van der Waals surface area contributed by atoms with Crippen LogP contribution in [0.3, 0.4) is 0 Å². The fourth-order valence-electron chi connectivity index (χ4n) is 3.18. The second-order valence-corrected chi connectivity index (χ2v) is 6.51. The van der Waals surface area contributed by atoms with Crippen LogP contribution in [0.2, 0.25) is 0 Å². The zero-order valence-electron chi connectivity index (χ0n) is 14.4. The smallest absolute Gasteiger partial charge is 0.254 e. The van der Waals surface area contributed by atoms with E-state index in [4.69, 9.17) is 0 Å². The standard InChI is InChI=1S/C19H18FN5O/c1-12-2-3-13(6-16(12)20)9-25-5-4-15-17(10-25)23-18(24-19(15)26)14-7-21-11-22-8-14/h2-3,6-8,11H,4-5,9-10H2,1H3,(H,23,24,26). The summed E-state index contributed by atoms with van der Waals surface area (Å²) in [6.45, 7) is 3.66. The Labute approximate surface area is 149 Å². The summed E-state index contributed by atoms with van der Waals surface area (Å²) in [5.41, 5.74) is 3.59. The van der Waals surface area contributed by atoms with E-state index in [9.17, 15) is 9.18 Å². The average molecular weight is 351 g/mol. The zero-order chi connectivity index (χ0) is 18.1. The van der Waals surface area contributed by atoms with Crippen molar-refractivity contribution in [2.75, 3.05) is 6.54 Å². The Balaban J connectivity index is 1.60. The van der Waals surface area contributed by atoms with Crippen molar-refractivity contribution in [1.29, 1.82) is 0 Å². The number of aromatic nitrogens is 4. The molecule has 3 heterocycles. The van der Waals surface area contributed by atoms with Gasteiger partial charge in [0.1, 0.15) is 18.0 Å². The Kier molecular flexibility index (Phi) is 4.30. The molecule has 1 aromatic carbocycles. The lowest BCUT2D eigenvalue weighted by Crippen LogP contribution is -2.35. The van der Waals surface area contributed by atoms with Crippen LogP contribution in [0, 0.1) is 12.7 Å². The number of nitrogens with one attached hydrogen (secondary N) is 1. The van der Waals surface area contributed by atoms with Crippen LogP contribution >= 0.6 is 0 Å². The highest BCUT2D eigenvalue weighted by Crippen LogP contribution is 2.20. The van der Waals surface area contributed by atoms with Crippen LogP contribution in [-0.2, 0) is 19.5 Å². The quantitative estimate of drug-likeness (QED) is 0.783. The van der Waals surface area contributed by atoms with Gasteiger partial charge in [0.05, 0.1) is 11.3 Å². The first-order chi connectivity index (χ1) is 12.6. The van der Waals surface area contributed by atoms with Gasteiger partial charge in [0, 0.05) is 37.6 Å². The molecule has 0 fully saturated rings. The number of H-pyrrole nitrogens is 1. The van der Waals surface area contributed by atoms with Gasteiger partial charge in [0.2, 0.25) is 0 Å². The van der Waals surface area contributed by atoms with Gasteiger partial charge in [-0.2, -0.15) is 0 Å². The average Bonchev–Trinajstić information content (AvgIpc) is 2.65. The molecular formula is C19H18FN5O. The van der Waals surface area contributed by atoms with E-state index in [0.717, 1.165) is 23.4 Å². The Morgan fingerprint density at radius 3 is 2.85 bits per heavy atom. The molecular weight excluding hydrogens is 333 g/mol. The van der Waals surface area contributed by atoms with Gasteiger partial charge in [-0.1, -0.05) is 12.1 Å². The molecule has 0 unspecified atom stereocenters. The molecule has 1 aliphatic heterocycles. The van der Waals surface area contributed by atoms with E-state index in [-0.39, 0.29) is 11.4 Å². The maximum atomic E-state index is 13.8. The monoisotopic (exact) mass is 351 g/mol. The third-order valence-corrected chi connectivity index (χ3v) is 4.63. The molecule has 4 rings (SSSR count). The van der Waals surface area contributed by atoms with Crippen molar-refractivity contribution in [1.82, 2.24) is 24.8 Å². The highest BCUT2D eigenvalue weighted by molar-refractivity contribution is 5.52. The highest BCUT2D eigenvalue weighted by atomic mass is 19.1. The molecule has 0 saturated heterocycles. The molecule has 3 aromatic rings. The minimum Gasteiger partial charge on any atom is -0.306 e. The van der Waals surface area contributed by atoms with Gasteiger partial charge in [-0.15, -0.1) is 0 Å². The molecule has 7 heteroatoms. The lowest BCUT2D eigenvalue weighted by atomic mass is 10.0. The predicted molar refractivity (Wildman–Crippen MR) is 94.8 cm³/mol. The zero-order valence-corrected chi connectivity index (χ0v) is 14.4. The Morgan fingerprint density at radius 2 is 2.08 bits per heavy atom. The van der Waals surface area contributed by atoms with E-state index >= 15 is 0 Å². The van der Waals surface area contributed by atoms with Crippen molar-refractivity contribution in [2.24, 2.45) is 0 Å². The summed E-state index contributed by atoms with van der Waals surface area (Å²) in [5.74, 6) is 0.276. The maximum Gasteiger partial charge on any atom is 0.254 e. The van der Waals surface area contributed by atoms with E-state index < -0.39 is 0 Å². The van der Waals surface area contributed by atoms with E-state index in [1.807, 2.05) is 6.07 Å². The van der Waals surface area contributed by atoms with Crippen molar-refractivity contribution >= 4 is 0 Å². The first-order valence-electron chi connectivity index (χ1n) is 8.45. The van der Waals surface area contributed by atoms with Gasteiger partial charge in [0.15, 0.2) is 0 Å². The third-order valence-electron chi connectivity index (χ3n) is 4.63. The molecule has 0 bridgehead atoms. The minimum absolute atomic E-state index is 0.116. The minimum atomic E-state index is -0.194. The fraction of sp³-hybridized carbons (Fsp3) is 0.263. The molecule has 0 atom stereocenters. The number of halogens is 1. The van der Waals surface area contributed by atoms with Crippen LogP contribution in [0.25, 0.3) is 11.4 Å². The van der Waals surface area contributed by atoms with Crippen LogP contribution in [0.5, 0.6) is 0 Å². The highest BCUT2D eigenvalue weighted by Gasteiger charge is 2.21. The van der Waals surface area contributed by atoms with Crippen LogP contribution in [0.15, 0.2) is 41.7 Å². The summed E-state index contributed by atoms with van der Waals surface area (Å²) in [4.78, 5) is 29.9. The van der Waals surface area contributed by atoms with E-state index in [2.05, 4.69) is 24.8 Å². The Hall–Kier alpha value is -2.93. The van der Waals surface area contributed by atoms with E-state index in [0.29, 0.717) is 36.5 Å². The molecule has 2 aromatic heterocycles. The van der Waals surface area contributed by atoms with Gasteiger partial charge in [-0.05, 0) is 30.5 Å².